The number of carboxylic acids is 1. The van der Waals surface area contributed by atoms with Crippen LogP contribution in [0.2, 0.25) is 0 Å². The summed E-state index contributed by atoms with van der Waals surface area (Å²) in [6.07, 6.45) is 1.52. The van der Waals surface area contributed by atoms with Crippen molar-refractivity contribution in [1.29, 1.82) is 0 Å². The molecule has 1 unspecified atom stereocenters. The fourth-order valence-electron chi connectivity index (χ4n) is 1.83. The third kappa shape index (κ3) is 2.28. The summed E-state index contributed by atoms with van der Waals surface area (Å²) in [5.41, 5.74) is -1.12. The summed E-state index contributed by atoms with van der Waals surface area (Å²) in [6, 6.07) is 0. The first-order valence-electron chi connectivity index (χ1n) is 5.05. The van der Waals surface area contributed by atoms with E-state index in [1.807, 2.05) is 0 Å². The zero-order chi connectivity index (χ0) is 11.5. The SMILES string of the molecule is COCCC(C)(C(=O)O)N1CCCC1=O. The predicted octanol–water partition coefficient (Wildman–Crippen LogP) is 0.489. The molecule has 1 rings (SSSR count). The Bertz CT molecular complexity index is 266. The van der Waals surface area contributed by atoms with Gasteiger partial charge in [-0.15, -0.1) is 0 Å². The Labute approximate surface area is 89.0 Å². The smallest absolute Gasteiger partial charge is 0.329 e. The lowest BCUT2D eigenvalue weighted by Gasteiger charge is -2.34. The van der Waals surface area contributed by atoms with E-state index in [2.05, 4.69) is 0 Å². The Hall–Kier alpha value is -1.10. The second kappa shape index (κ2) is 4.61. The lowest BCUT2D eigenvalue weighted by molar-refractivity contribution is -0.157. The standard InChI is InChI=1S/C10H17NO4/c1-10(9(13)14,5-7-15-2)11-6-3-4-8(11)12/h3-7H2,1-2H3,(H,13,14). The van der Waals surface area contributed by atoms with Gasteiger partial charge in [-0.25, -0.2) is 4.79 Å². The van der Waals surface area contributed by atoms with E-state index in [1.165, 1.54) is 12.0 Å². The summed E-state index contributed by atoms with van der Waals surface area (Å²) >= 11 is 0. The average molecular weight is 215 g/mol. The third-order valence-electron chi connectivity index (χ3n) is 2.92. The average Bonchev–Trinajstić information content (AvgIpc) is 2.61. The van der Waals surface area contributed by atoms with E-state index < -0.39 is 11.5 Å². The number of likely N-dealkylation sites (tertiary alicyclic amines) is 1. The third-order valence-corrected chi connectivity index (χ3v) is 2.92. The fraction of sp³-hybridized carbons (Fsp3) is 0.800. The maximum absolute atomic E-state index is 11.5. The van der Waals surface area contributed by atoms with Gasteiger partial charge in [0.05, 0.1) is 0 Å². The molecule has 5 nitrogen and oxygen atoms in total. The van der Waals surface area contributed by atoms with Gasteiger partial charge in [0.25, 0.3) is 0 Å². The van der Waals surface area contributed by atoms with Crippen LogP contribution in [-0.2, 0) is 14.3 Å². The quantitative estimate of drug-likeness (QED) is 0.724. The maximum Gasteiger partial charge on any atom is 0.329 e. The van der Waals surface area contributed by atoms with E-state index in [0.717, 1.165) is 6.42 Å². The minimum Gasteiger partial charge on any atom is -0.480 e. The van der Waals surface area contributed by atoms with Crippen LogP contribution in [-0.4, -0.2) is 47.7 Å². The molecule has 1 amide bonds. The van der Waals surface area contributed by atoms with Crippen LogP contribution in [0, 0.1) is 0 Å². The van der Waals surface area contributed by atoms with Gasteiger partial charge < -0.3 is 14.7 Å². The first kappa shape index (κ1) is 12.0. The van der Waals surface area contributed by atoms with Crippen molar-refractivity contribution in [2.24, 2.45) is 0 Å². The minimum atomic E-state index is -1.12. The molecule has 5 heteroatoms. The van der Waals surface area contributed by atoms with E-state index in [0.29, 0.717) is 26.0 Å². The molecule has 0 bridgehead atoms. The number of methoxy groups -OCH3 is 1. The molecule has 1 aliphatic heterocycles. The topological polar surface area (TPSA) is 66.8 Å². The summed E-state index contributed by atoms with van der Waals surface area (Å²) in [7, 11) is 1.52. The molecule has 0 aromatic carbocycles. The van der Waals surface area contributed by atoms with Crippen LogP contribution in [0.25, 0.3) is 0 Å². The molecule has 1 fully saturated rings. The molecule has 0 aromatic rings. The largest absolute Gasteiger partial charge is 0.480 e. The highest BCUT2D eigenvalue weighted by atomic mass is 16.5. The van der Waals surface area contributed by atoms with Gasteiger partial charge in [0.15, 0.2) is 0 Å². The molecule has 1 aliphatic rings. The van der Waals surface area contributed by atoms with Crippen molar-refractivity contribution >= 4 is 11.9 Å². The number of carbonyl (C=O) groups excluding carboxylic acids is 1. The van der Waals surface area contributed by atoms with Gasteiger partial charge in [-0.3, -0.25) is 4.79 Å². The van der Waals surface area contributed by atoms with Gasteiger partial charge in [0.1, 0.15) is 5.54 Å². The minimum absolute atomic E-state index is 0.0731. The monoisotopic (exact) mass is 215 g/mol. The summed E-state index contributed by atoms with van der Waals surface area (Å²) < 4.78 is 4.88. The number of ether oxygens (including phenoxy) is 1. The zero-order valence-corrected chi connectivity index (χ0v) is 9.15. The van der Waals surface area contributed by atoms with Crippen molar-refractivity contribution in [3.8, 4) is 0 Å². The number of carbonyl (C=O) groups is 2. The van der Waals surface area contributed by atoms with Crippen LogP contribution in [0.5, 0.6) is 0 Å². The summed E-state index contributed by atoms with van der Waals surface area (Å²) in [5, 5.41) is 9.19. The van der Waals surface area contributed by atoms with E-state index >= 15 is 0 Å². The van der Waals surface area contributed by atoms with Gasteiger partial charge in [-0.1, -0.05) is 0 Å². The van der Waals surface area contributed by atoms with Gasteiger partial charge >= 0.3 is 5.97 Å². The Morgan fingerprint density at radius 2 is 2.33 bits per heavy atom. The van der Waals surface area contributed by atoms with Crippen molar-refractivity contribution in [1.82, 2.24) is 4.90 Å². The molecule has 1 N–H and O–H groups in total. The van der Waals surface area contributed by atoms with Crippen molar-refractivity contribution in [3.63, 3.8) is 0 Å². The molecule has 1 atom stereocenters. The molecule has 0 aliphatic carbocycles. The lowest BCUT2D eigenvalue weighted by Crippen LogP contribution is -2.53. The Kier molecular flexibility index (Phi) is 3.68. The van der Waals surface area contributed by atoms with Gasteiger partial charge in [-0.2, -0.15) is 0 Å². The fourth-order valence-corrected chi connectivity index (χ4v) is 1.83. The second-order valence-corrected chi connectivity index (χ2v) is 3.97. The number of carboxylic acid groups (broad SMARTS) is 1. The highest BCUT2D eigenvalue weighted by Crippen LogP contribution is 2.26. The molecular formula is C10H17NO4. The lowest BCUT2D eigenvalue weighted by atomic mass is 9.96. The molecule has 86 valence electrons. The first-order chi connectivity index (χ1) is 7.02. The Balaban J connectivity index is 2.79. The molecule has 0 radical (unpaired) electrons. The highest BCUT2D eigenvalue weighted by Gasteiger charge is 2.43. The molecule has 15 heavy (non-hydrogen) atoms. The molecule has 0 aromatic heterocycles. The summed E-state index contributed by atoms with van der Waals surface area (Å²) in [4.78, 5) is 24.2. The van der Waals surface area contributed by atoms with Crippen LogP contribution >= 0.6 is 0 Å². The number of nitrogens with zero attached hydrogens (tertiary/aromatic N) is 1. The normalized spacial score (nSPS) is 20.4. The van der Waals surface area contributed by atoms with Gasteiger partial charge in [0, 0.05) is 33.1 Å². The van der Waals surface area contributed by atoms with Crippen molar-refractivity contribution in [2.45, 2.75) is 31.7 Å². The number of aliphatic carboxylic acids is 1. The van der Waals surface area contributed by atoms with Crippen LogP contribution in [0.1, 0.15) is 26.2 Å². The van der Waals surface area contributed by atoms with Crippen molar-refractivity contribution in [2.75, 3.05) is 20.3 Å². The molecule has 1 saturated heterocycles. The van der Waals surface area contributed by atoms with Crippen LogP contribution in [0.3, 0.4) is 0 Å². The Morgan fingerprint density at radius 1 is 1.67 bits per heavy atom. The summed E-state index contributed by atoms with van der Waals surface area (Å²) in [5.74, 6) is -1.04. The second-order valence-electron chi connectivity index (χ2n) is 3.97. The van der Waals surface area contributed by atoms with Gasteiger partial charge in [0.2, 0.25) is 5.91 Å². The number of hydrogen-bond acceptors (Lipinski definition) is 3. The first-order valence-corrected chi connectivity index (χ1v) is 5.05. The van der Waals surface area contributed by atoms with Crippen LogP contribution in [0.4, 0.5) is 0 Å². The Morgan fingerprint density at radius 3 is 2.73 bits per heavy atom. The van der Waals surface area contributed by atoms with E-state index in [-0.39, 0.29) is 5.91 Å². The number of hydrogen-bond donors (Lipinski definition) is 1. The van der Waals surface area contributed by atoms with Crippen molar-refractivity contribution in [3.05, 3.63) is 0 Å². The van der Waals surface area contributed by atoms with Crippen LogP contribution in [0.15, 0.2) is 0 Å². The van der Waals surface area contributed by atoms with E-state index in [1.54, 1.807) is 6.92 Å². The van der Waals surface area contributed by atoms with E-state index in [9.17, 15) is 14.7 Å². The highest BCUT2D eigenvalue weighted by molar-refractivity contribution is 5.87. The molecule has 0 spiro atoms. The maximum atomic E-state index is 11.5. The predicted molar refractivity (Wildman–Crippen MR) is 53.5 cm³/mol. The summed E-state index contributed by atoms with van der Waals surface area (Å²) in [6.45, 7) is 2.45. The molecular weight excluding hydrogens is 198 g/mol. The zero-order valence-electron chi connectivity index (χ0n) is 9.15. The van der Waals surface area contributed by atoms with Gasteiger partial charge in [-0.05, 0) is 13.3 Å². The van der Waals surface area contributed by atoms with E-state index in [4.69, 9.17) is 4.74 Å². The number of rotatable bonds is 5. The number of amides is 1. The van der Waals surface area contributed by atoms with Crippen LogP contribution < -0.4 is 0 Å². The molecule has 1 heterocycles. The molecule has 0 saturated carbocycles. The van der Waals surface area contributed by atoms with Crippen molar-refractivity contribution < 1.29 is 19.4 Å².